The van der Waals surface area contributed by atoms with Gasteiger partial charge < -0.3 is 29.3 Å². The number of amides is 3. The van der Waals surface area contributed by atoms with Gasteiger partial charge in [0.1, 0.15) is 42.0 Å². The first-order valence-corrected chi connectivity index (χ1v) is 18.1. The number of aliphatic hydroxyl groups is 1. The molecule has 4 aliphatic rings. The van der Waals surface area contributed by atoms with Gasteiger partial charge in [-0.2, -0.15) is 0 Å². The van der Waals surface area contributed by atoms with Crippen LogP contribution < -0.4 is 0 Å². The number of rotatable bonds is 6. The van der Waals surface area contributed by atoms with Gasteiger partial charge in [-0.1, -0.05) is 82.7 Å². The van der Waals surface area contributed by atoms with E-state index in [1.54, 1.807) is 27.6 Å². The Morgan fingerprint density at radius 1 is 1.02 bits per heavy atom. The average molecular weight is 762 g/mol. The number of carbonyl (C=O) groups is 4. The molecule has 0 aliphatic carbocycles. The van der Waals surface area contributed by atoms with Gasteiger partial charge in [0, 0.05) is 24.5 Å². The highest BCUT2D eigenvalue weighted by molar-refractivity contribution is 9.11. The Morgan fingerprint density at radius 2 is 1.76 bits per heavy atom. The second-order valence-corrected chi connectivity index (χ2v) is 14.5. The molecule has 5 heterocycles. The predicted molar refractivity (Wildman–Crippen MR) is 189 cm³/mol. The van der Waals surface area contributed by atoms with E-state index in [-0.39, 0.29) is 32.1 Å². The molecular formula is C37H41BrN6O7. The molecule has 51 heavy (non-hydrogen) atoms. The number of aliphatic hydroxyl groups excluding tert-OH is 1. The maximum Gasteiger partial charge on any atom is 0.313 e. The lowest BCUT2D eigenvalue weighted by Crippen LogP contribution is -2.58. The maximum absolute atomic E-state index is 15.1. The number of esters is 1. The van der Waals surface area contributed by atoms with Crippen LogP contribution in [0, 0.1) is 11.8 Å². The number of benzene rings is 2. The Bertz CT molecular complexity index is 1900. The van der Waals surface area contributed by atoms with Crippen molar-refractivity contribution in [3.8, 4) is 0 Å². The van der Waals surface area contributed by atoms with Gasteiger partial charge in [-0.3, -0.25) is 19.2 Å². The van der Waals surface area contributed by atoms with Crippen LogP contribution in [0.2, 0.25) is 0 Å². The summed E-state index contributed by atoms with van der Waals surface area (Å²) < 4.78 is 15.1. The highest BCUT2D eigenvalue weighted by Crippen LogP contribution is 2.59. The molecule has 0 saturated carbocycles. The highest BCUT2D eigenvalue weighted by atomic mass is 79.9. The fourth-order valence-corrected chi connectivity index (χ4v) is 8.75. The largest absolute Gasteiger partial charge is 0.455 e. The number of hydrogen-bond donors (Lipinski definition) is 1. The van der Waals surface area contributed by atoms with Crippen molar-refractivity contribution in [3.63, 3.8) is 0 Å². The normalized spacial score (nSPS) is 31.2. The van der Waals surface area contributed by atoms with E-state index in [4.69, 9.17) is 9.47 Å². The molecule has 8 atom stereocenters. The SMILES string of the molecule is CC[C@@H](CO)N1C(=O)[C@H]2[C@@H]3C(=O)O[C@H](c4ccccc4)[C@@H](C)N(C)C(=O)CC/C=C\CN(Cn4nnc5ccccc54)C(=O)[C@H]1[C@@]21C=C(Br)[C@@H]3O1. The molecule has 2 fully saturated rings. The first-order chi connectivity index (χ1) is 24.6. The van der Waals surface area contributed by atoms with Gasteiger partial charge >= 0.3 is 5.97 Å². The minimum absolute atomic E-state index is 0.00337. The number of hydrogen-bond acceptors (Lipinski definition) is 9. The molecule has 3 amide bonds. The molecule has 7 rings (SSSR count). The van der Waals surface area contributed by atoms with Crippen LogP contribution in [0.25, 0.3) is 11.0 Å². The summed E-state index contributed by atoms with van der Waals surface area (Å²) >= 11 is 3.61. The van der Waals surface area contributed by atoms with Gasteiger partial charge in [0.05, 0.1) is 30.1 Å². The van der Waals surface area contributed by atoms with Gasteiger partial charge in [0.25, 0.3) is 5.91 Å². The topological polar surface area (TPSA) is 147 Å². The van der Waals surface area contributed by atoms with E-state index in [0.29, 0.717) is 33.9 Å². The zero-order valence-corrected chi connectivity index (χ0v) is 30.3. The van der Waals surface area contributed by atoms with Crippen LogP contribution >= 0.6 is 15.9 Å². The summed E-state index contributed by atoms with van der Waals surface area (Å²) in [7, 11) is 1.69. The van der Waals surface area contributed by atoms with E-state index >= 15 is 4.79 Å². The molecule has 14 heteroatoms. The van der Waals surface area contributed by atoms with Crippen molar-refractivity contribution in [2.24, 2.45) is 11.8 Å². The van der Waals surface area contributed by atoms with Crippen LogP contribution in [0.3, 0.4) is 0 Å². The van der Waals surface area contributed by atoms with Crippen LogP contribution in [0.4, 0.5) is 0 Å². The monoisotopic (exact) mass is 760 g/mol. The molecule has 268 valence electrons. The minimum Gasteiger partial charge on any atom is -0.455 e. The van der Waals surface area contributed by atoms with Crippen LogP contribution in [0.15, 0.2) is 77.3 Å². The Hall–Kier alpha value is -4.40. The fraction of sp³-hybridized carbons (Fsp3) is 0.459. The van der Waals surface area contributed by atoms with E-state index < -0.39 is 65.6 Å². The van der Waals surface area contributed by atoms with Crippen molar-refractivity contribution in [1.82, 2.24) is 29.7 Å². The first kappa shape index (κ1) is 35.0. The summed E-state index contributed by atoms with van der Waals surface area (Å²) in [5, 5.41) is 19.1. The van der Waals surface area contributed by atoms with E-state index in [1.165, 1.54) is 4.90 Å². The van der Waals surface area contributed by atoms with Crippen molar-refractivity contribution < 1.29 is 33.8 Å². The van der Waals surface area contributed by atoms with Crippen LogP contribution in [-0.2, 0) is 35.3 Å². The zero-order valence-electron chi connectivity index (χ0n) is 28.7. The van der Waals surface area contributed by atoms with Gasteiger partial charge in [-0.25, -0.2) is 4.68 Å². The molecule has 2 saturated heterocycles. The van der Waals surface area contributed by atoms with Gasteiger partial charge in [-0.15, -0.1) is 5.10 Å². The number of para-hydroxylation sites is 1. The van der Waals surface area contributed by atoms with Crippen molar-refractivity contribution in [2.75, 3.05) is 20.2 Å². The van der Waals surface area contributed by atoms with Crippen molar-refractivity contribution in [1.29, 1.82) is 0 Å². The number of nitrogens with zero attached hydrogens (tertiary/aromatic N) is 6. The van der Waals surface area contributed by atoms with Crippen molar-refractivity contribution in [3.05, 3.63) is 82.9 Å². The Kier molecular flexibility index (Phi) is 9.59. The number of allylic oxidation sites excluding steroid dienone is 1. The van der Waals surface area contributed by atoms with Crippen LogP contribution in [0.1, 0.15) is 44.8 Å². The summed E-state index contributed by atoms with van der Waals surface area (Å²) in [5.41, 5.74) is 0.545. The Morgan fingerprint density at radius 3 is 2.51 bits per heavy atom. The molecule has 13 nitrogen and oxygen atoms in total. The third-order valence-electron chi connectivity index (χ3n) is 10.8. The number of halogens is 1. The predicted octanol–water partition coefficient (Wildman–Crippen LogP) is 3.34. The molecule has 0 unspecified atom stereocenters. The third kappa shape index (κ3) is 5.86. The molecule has 1 aromatic heterocycles. The number of likely N-dealkylation sites (N-methyl/N-ethyl adjacent to an activating group) is 1. The van der Waals surface area contributed by atoms with E-state index in [0.717, 1.165) is 0 Å². The van der Waals surface area contributed by atoms with Crippen molar-refractivity contribution in [2.45, 2.75) is 75.7 Å². The molecule has 2 aromatic carbocycles. The highest BCUT2D eigenvalue weighted by Gasteiger charge is 2.75. The summed E-state index contributed by atoms with van der Waals surface area (Å²) in [6, 6.07) is 14.1. The second kappa shape index (κ2) is 14.0. The molecular weight excluding hydrogens is 720 g/mol. The second-order valence-electron chi connectivity index (χ2n) is 13.6. The minimum atomic E-state index is -1.52. The molecule has 1 N–H and O–H groups in total. The number of aromatic nitrogens is 3. The first-order valence-electron chi connectivity index (χ1n) is 17.3. The number of ether oxygens (including phenoxy) is 2. The quantitative estimate of drug-likeness (QED) is 0.295. The summed E-state index contributed by atoms with van der Waals surface area (Å²) in [6.07, 6.45) is 4.67. The standard InChI is InChI=1S/C37H41BrN6O7/c1-4-24(20-45)44-33-35(48)42(21-43-27-16-11-10-15-26(27)39-40-43)18-12-6-9-17-28(46)41(3)22(2)31(23-13-7-5-8-14-23)50-36(49)29-30(34(44)47)37(33)19-25(38)32(29)51-37/h5-8,10-16,19,22,24,29-33,45H,4,9,17-18,20-21H2,1-3H3/b12-6-/t22-,24+,29+,30-,31+,32+,33+,37-/m1/s1. The van der Waals surface area contributed by atoms with Gasteiger partial charge in [-0.05, 0) is 43.5 Å². The summed E-state index contributed by atoms with van der Waals surface area (Å²) in [5.74, 6) is -3.91. The molecule has 5 bridgehead atoms. The lowest BCUT2D eigenvalue weighted by atomic mass is 9.74. The number of likely N-dealkylation sites (tertiary alicyclic amines) is 1. The number of cyclic esters (lactones) is 1. The third-order valence-corrected chi connectivity index (χ3v) is 11.5. The molecule has 1 spiro atoms. The Labute approximate surface area is 304 Å². The number of fused-ring (bicyclic) bond motifs is 3. The smallest absolute Gasteiger partial charge is 0.313 e. The Balaban J connectivity index is 1.35. The average Bonchev–Trinajstić information content (AvgIpc) is 3.86. The molecule has 0 radical (unpaired) electrons. The van der Waals surface area contributed by atoms with Crippen molar-refractivity contribution >= 4 is 50.7 Å². The van der Waals surface area contributed by atoms with E-state index in [2.05, 4.69) is 26.2 Å². The van der Waals surface area contributed by atoms with Gasteiger partial charge in [0.2, 0.25) is 11.8 Å². The van der Waals surface area contributed by atoms with Crippen LogP contribution in [-0.4, -0.2) is 109 Å². The fourth-order valence-electron chi connectivity index (χ4n) is 8.01. The lowest BCUT2D eigenvalue weighted by Gasteiger charge is -2.38. The van der Waals surface area contributed by atoms with Gasteiger partial charge in [0.15, 0.2) is 0 Å². The summed E-state index contributed by atoms with van der Waals surface area (Å²) in [4.78, 5) is 62.3. The summed E-state index contributed by atoms with van der Waals surface area (Å²) in [6.45, 7) is 3.40. The number of carbonyl (C=O) groups excluding carboxylic acids is 4. The zero-order chi connectivity index (χ0) is 36.0. The molecule has 3 aromatic rings. The van der Waals surface area contributed by atoms with E-state index in [1.807, 2.05) is 80.6 Å². The van der Waals surface area contributed by atoms with E-state index in [9.17, 15) is 19.5 Å². The lowest BCUT2D eigenvalue weighted by molar-refractivity contribution is -0.164. The van der Waals surface area contributed by atoms with Crippen LogP contribution in [0.5, 0.6) is 0 Å². The molecule has 4 aliphatic heterocycles. The maximum atomic E-state index is 15.1.